The van der Waals surface area contributed by atoms with E-state index in [0.717, 1.165) is 25.7 Å². The Hall–Kier alpha value is -0.810. The van der Waals surface area contributed by atoms with Crippen LogP contribution < -0.4 is 5.32 Å². The van der Waals surface area contributed by atoms with E-state index < -0.39 is 11.7 Å². The molecule has 20 heavy (non-hydrogen) atoms. The number of aliphatic hydroxyl groups excluding tert-OH is 1. The van der Waals surface area contributed by atoms with Crippen LogP contribution in [-0.2, 0) is 9.47 Å². The lowest BCUT2D eigenvalue weighted by Crippen LogP contribution is -2.40. The van der Waals surface area contributed by atoms with Crippen molar-refractivity contribution in [2.45, 2.75) is 71.1 Å². The molecule has 0 aliphatic heterocycles. The Kier molecular flexibility index (Phi) is 6.76. The van der Waals surface area contributed by atoms with E-state index in [1.165, 1.54) is 0 Å². The third-order valence-corrected chi connectivity index (χ3v) is 3.40. The SMILES string of the molecule is CC(COC1CCC(CO)CC1)NC(=O)OC(C)(C)C. The fourth-order valence-electron chi connectivity index (χ4n) is 2.31. The van der Waals surface area contributed by atoms with Gasteiger partial charge in [0.15, 0.2) is 0 Å². The molecule has 1 amide bonds. The molecule has 0 heterocycles. The molecule has 1 saturated carbocycles. The summed E-state index contributed by atoms with van der Waals surface area (Å²) in [6.07, 6.45) is 3.87. The Labute approximate surface area is 122 Å². The lowest BCUT2D eigenvalue weighted by atomic mass is 9.88. The van der Waals surface area contributed by atoms with Crippen molar-refractivity contribution in [2.75, 3.05) is 13.2 Å². The second-order valence-electron chi connectivity index (χ2n) is 6.71. The van der Waals surface area contributed by atoms with E-state index in [1.54, 1.807) is 0 Å². The van der Waals surface area contributed by atoms with Crippen molar-refractivity contribution in [3.8, 4) is 0 Å². The van der Waals surface area contributed by atoms with Crippen molar-refractivity contribution in [2.24, 2.45) is 5.92 Å². The molecule has 1 unspecified atom stereocenters. The molecule has 0 aromatic heterocycles. The molecule has 0 bridgehead atoms. The Morgan fingerprint density at radius 2 is 1.90 bits per heavy atom. The molecule has 1 atom stereocenters. The summed E-state index contributed by atoms with van der Waals surface area (Å²) >= 11 is 0. The van der Waals surface area contributed by atoms with Crippen molar-refractivity contribution in [3.05, 3.63) is 0 Å². The van der Waals surface area contributed by atoms with Gasteiger partial charge in [0.1, 0.15) is 5.60 Å². The summed E-state index contributed by atoms with van der Waals surface area (Å²) in [5.41, 5.74) is -0.479. The maximum Gasteiger partial charge on any atom is 0.407 e. The van der Waals surface area contributed by atoms with Gasteiger partial charge in [-0.2, -0.15) is 0 Å². The molecule has 0 radical (unpaired) electrons. The Morgan fingerprint density at radius 3 is 2.40 bits per heavy atom. The van der Waals surface area contributed by atoms with Gasteiger partial charge in [0.05, 0.1) is 18.8 Å². The van der Waals surface area contributed by atoms with Gasteiger partial charge in [-0.3, -0.25) is 0 Å². The fraction of sp³-hybridized carbons (Fsp3) is 0.933. The first kappa shape index (κ1) is 17.2. The predicted octanol–water partition coefficient (Wildman–Crippen LogP) is 2.47. The highest BCUT2D eigenvalue weighted by Crippen LogP contribution is 2.25. The number of rotatable bonds is 5. The maximum atomic E-state index is 11.6. The molecule has 0 spiro atoms. The topological polar surface area (TPSA) is 67.8 Å². The summed E-state index contributed by atoms with van der Waals surface area (Å²) in [5, 5.41) is 11.9. The third-order valence-electron chi connectivity index (χ3n) is 3.40. The Balaban J connectivity index is 2.17. The number of carbonyl (C=O) groups excluding carboxylic acids is 1. The van der Waals surface area contributed by atoms with E-state index in [4.69, 9.17) is 14.6 Å². The number of aliphatic hydroxyl groups is 1. The van der Waals surface area contributed by atoms with E-state index in [-0.39, 0.29) is 18.8 Å². The lowest BCUT2D eigenvalue weighted by molar-refractivity contribution is -0.000413. The van der Waals surface area contributed by atoms with E-state index in [0.29, 0.717) is 12.5 Å². The second-order valence-corrected chi connectivity index (χ2v) is 6.71. The van der Waals surface area contributed by atoms with Gasteiger partial charge in [-0.05, 0) is 59.3 Å². The standard InChI is InChI=1S/C15H29NO4/c1-11(16-14(18)20-15(2,3)4)10-19-13-7-5-12(9-17)6-8-13/h11-13,17H,5-10H2,1-4H3,(H,16,18). The molecule has 0 aromatic rings. The van der Waals surface area contributed by atoms with Crippen LogP contribution in [-0.4, -0.2) is 42.2 Å². The van der Waals surface area contributed by atoms with Crippen molar-refractivity contribution in [1.82, 2.24) is 5.32 Å². The van der Waals surface area contributed by atoms with E-state index in [1.807, 2.05) is 27.7 Å². The van der Waals surface area contributed by atoms with Crippen LogP contribution in [0.2, 0.25) is 0 Å². The molecule has 0 saturated heterocycles. The summed E-state index contributed by atoms with van der Waals surface area (Å²) in [4.78, 5) is 11.6. The number of carbonyl (C=O) groups is 1. The average Bonchev–Trinajstić information content (AvgIpc) is 2.34. The molecule has 1 fully saturated rings. The Bertz CT molecular complexity index is 293. The minimum absolute atomic E-state index is 0.0691. The summed E-state index contributed by atoms with van der Waals surface area (Å²) in [6.45, 7) is 8.20. The van der Waals surface area contributed by atoms with Gasteiger partial charge in [-0.15, -0.1) is 0 Å². The van der Waals surface area contributed by atoms with Crippen molar-refractivity contribution in [1.29, 1.82) is 0 Å². The van der Waals surface area contributed by atoms with Gasteiger partial charge >= 0.3 is 6.09 Å². The van der Waals surface area contributed by atoms with Gasteiger partial charge < -0.3 is 19.9 Å². The first-order chi connectivity index (χ1) is 9.30. The quantitative estimate of drug-likeness (QED) is 0.815. The molecule has 1 aliphatic rings. The predicted molar refractivity (Wildman–Crippen MR) is 77.6 cm³/mol. The van der Waals surface area contributed by atoms with Gasteiger partial charge in [0, 0.05) is 6.61 Å². The average molecular weight is 287 g/mol. The zero-order chi connectivity index (χ0) is 15.2. The first-order valence-corrected chi connectivity index (χ1v) is 7.52. The highest BCUT2D eigenvalue weighted by Gasteiger charge is 2.22. The van der Waals surface area contributed by atoms with E-state index in [9.17, 15) is 4.79 Å². The van der Waals surface area contributed by atoms with Crippen molar-refractivity contribution in [3.63, 3.8) is 0 Å². The van der Waals surface area contributed by atoms with Gasteiger partial charge in [0.2, 0.25) is 0 Å². The number of hydrogen-bond donors (Lipinski definition) is 2. The Morgan fingerprint density at radius 1 is 1.30 bits per heavy atom. The van der Waals surface area contributed by atoms with Crippen LogP contribution in [0.3, 0.4) is 0 Å². The summed E-state index contributed by atoms with van der Waals surface area (Å²) in [5.74, 6) is 0.437. The molecule has 1 rings (SSSR count). The molecule has 0 aromatic carbocycles. The third kappa shape index (κ3) is 7.10. The largest absolute Gasteiger partial charge is 0.444 e. The number of amides is 1. The first-order valence-electron chi connectivity index (χ1n) is 7.52. The molecule has 2 N–H and O–H groups in total. The smallest absolute Gasteiger partial charge is 0.407 e. The number of alkyl carbamates (subject to hydrolysis) is 1. The monoisotopic (exact) mass is 287 g/mol. The van der Waals surface area contributed by atoms with Crippen LogP contribution in [0.25, 0.3) is 0 Å². The molecule has 118 valence electrons. The molecular weight excluding hydrogens is 258 g/mol. The number of hydrogen-bond acceptors (Lipinski definition) is 4. The van der Waals surface area contributed by atoms with E-state index in [2.05, 4.69) is 5.32 Å². The van der Waals surface area contributed by atoms with Crippen molar-refractivity contribution < 1.29 is 19.4 Å². The highest BCUT2D eigenvalue weighted by molar-refractivity contribution is 5.68. The number of nitrogens with one attached hydrogen (secondary N) is 1. The minimum atomic E-state index is -0.479. The van der Waals surface area contributed by atoms with Crippen LogP contribution in [0.1, 0.15) is 53.4 Å². The van der Waals surface area contributed by atoms with Crippen LogP contribution in [0.4, 0.5) is 4.79 Å². The van der Waals surface area contributed by atoms with Gasteiger partial charge in [-0.25, -0.2) is 4.79 Å². The summed E-state index contributed by atoms with van der Waals surface area (Å²) in [6, 6.07) is -0.0691. The molecular formula is C15H29NO4. The van der Waals surface area contributed by atoms with Gasteiger partial charge in [0.25, 0.3) is 0 Å². The normalized spacial score (nSPS) is 25.1. The molecule has 5 nitrogen and oxygen atoms in total. The lowest BCUT2D eigenvalue weighted by Gasteiger charge is -2.28. The van der Waals surface area contributed by atoms with Crippen LogP contribution in [0, 0.1) is 5.92 Å². The minimum Gasteiger partial charge on any atom is -0.444 e. The maximum absolute atomic E-state index is 11.6. The summed E-state index contributed by atoms with van der Waals surface area (Å²) < 4.78 is 11.0. The zero-order valence-electron chi connectivity index (χ0n) is 13.1. The highest BCUT2D eigenvalue weighted by atomic mass is 16.6. The summed E-state index contributed by atoms with van der Waals surface area (Å²) in [7, 11) is 0. The fourth-order valence-corrected chi connectivity index (χ4v) is 2.31. The van der Waals surface area contributed by atoms with Crippen LogP contribution >= 0.6 is 0 Å². The number of ether oxygens (including phenoxy) is 2. The molecule has 5 heteroatoms. The van der Waals surface area contributed by atoms with Crippen molar-refractivity contribution >= 4 is 6.09 Å². The zero-order valence-corrected chi connectivity index (χ0v) is 13.1. The van der Waals surface area contributed by atoms with E-state index >= 15 is 0 Å². The van der Waals surface area contributed by atoms with Crippen LogP contribution in [0.15, 0.2) is 0 Å². The van der Waals surface area contributed by atoms with Crippen LogP contribution in [0.5, 0.6) is 0 Å². The second kappa shape index (κ2) is 7.84. The molecule has 1 aliphatic carbocycles. The van der Waals surface area contributed by atoms with Gasteiger partial charge in [-0.1, -0.05) is 0 Å².